The highest BCUT2D eigenvalue weighted by atomic mass is 127. The molecule has 0 aromatic carbocycles. The van der Waals surface area contributed by atoms with Gasteiger partial charge in [0.25, 0.3) is 0 Å². The zero-order valence-electron chi connectivity index (χ0n) is 21.6. The Labute approximate surface area is 208 Å². The second kappa shape index (κ2) is 13.6. The summed E-state index contributed by atoms with van der Waals surface area (Å²) in [5.41, 5.74) is -2.14. The van der Waals surface area contributed by atoms with Crippen LogP contribution in [0.2, 0.25) is 0 Å². The average molecular weight is 572 g/mol. The van der Waals surface area contributed by atoms with Crippen LogP contribution in [0.1, 0.15) is 75.2 Å². The van der Waals surface area contributed by atoms with Gasteiger partial charge in [-0.1, -0.05) is 41.5 Å². The van der Waals surface area contributed by atoms with E-state index in [2.05, 4.69) is 33.3 Å². The summed E-state index contributed by atoms with van der Waals surface area (Å²) < 4.78 is 14.5. The maximum atomic E-state index is 13.2. The Morgan fingerprint density at radius 1 is 1.09 bits per heavy atom. The lowest BCUT2D eigenvalue weighted by atomic mass is 9.73. The van der Waals surface area contributed by atoms with Crippen LogP contribution in [0.15, 0.2) is 0 Å². The molecule has 0 aliphatic rings. The molecule has 0 aliphatic carbocycles. The Kier molecular flexibility index (Phi) is 13.4. The summed E-state index contributed by atoms with van der Waals surface area (Å²) in [7, 11) is 1.66. The highest BCUT2D eigenvalue weighted by Gasteiger charge is 2.44. The van der Waals surface area contributed by atoms with Gasteiger partial charge in [-0.3, -0.25) is 13.1 Å². The number of Topliss-reactive ketones (excluding diaryl/α,β-unsaturated/α-hetero) is 1. The van der Waals surface area contributed by atoms with Crippen molar-refractivity contribution < 1.29 is 29.3 Å². The van der Waals surface area contributed by atoms with Gasteiger partial charge in [-0.05, 0) is 51.4 Å². The van der Waals surface area contributed by atoms with Gasteiger partial charge in [0.1, 0.15) is 23.4 Å². The van der Waals surface area contributed by atoms with Gasteiger partial charge in [0.2, 0.25) is 0 Å². The van der Waals surface area contributed by atoms with Crippen LogP contribution >= 0.6 is 22.9 Å². The molecule has 0 saturated heterocycles. The van der Waals surface area contributed by atoms with Crippen molar-refractivity contribution in [2.24, 2.45) is 29.6 Å². The van der Waals surface area contributed by atoms with Crippen molar-refractivity contribution in [2.45, 2.75) is 98.6 Å². The number of carbonyl (C=O) groups excluding carboxylic acids is 2. The predicted molar refractivity (Wildman–Crippen MR) is 135 cm³/mol. The van der Waals surface area contributed by atoms with E-state index in [1.54, 1.807) is 34.8 Å². The van der Waals surface area contributed by atoms with Gasteiger partial charge in [-0.2, -0.15) is 0 Å². The molecule has 32 heavy (non-hydrogen) atoms. The van der Waals surface area contributed by atoms with Crippen molar-refractivity contribution in [3.05, 3.63) is 0 Å². The lowest BCUT2D eigenvalue weighted by molar-refractivity contribution is -0.188. The molecule has 0 aromatic rings. The topological polar surface area (TPSA) is 105 Å². The first-order valence-corrected chi connectivity index (χ1v) is 12.7. The minimum atomic E-state index is -1.61. The zero-order valence-corrected chi connectivity index (χ0v) is 23.7. The van der Waals surface area contributed by atoms with Crippen molar-refractivity contribution in [1.29, 1.82) is 0 Å². The highest BCUT2D eigenvalue weighted by molar-refractivity contribution is 14.1. The van der Waals surface area contributed by atoms with E-state index in [4.69, 9.17) is 9.47 Å². The number of esters is 1. The van der Waals surface area contributed by atoms with Crippen LogP contribution in [-0.4, -0.2) is 59.0 Å². The molecule has 0 rings (SSSR count). The number of aliphatic hydroxyl groups is 2. The first-order chi connectivity index (χ1) is 14.6. The molecule has 0 saturated carbocycles. The largest absolute Gasteiger partial charge is 0.459 e. The number of hydrogen-bond acceptors (Lipinski definition) is 7. The number of nitrogens with one attached hydrogen (secondary N) is 1. The molecule has 3 N–H and O–H groups in total. The number of ketones is 1. The fourth-order valence-electron chi connectivity index (χ4n) is 4.36. The number of hydrogen-bond donors (Lipinski definition) is 3. The normalized spacial score (nSPS) is 21.6. The van der Waals surface area contributed by atoms with Crippen molar-refractivity contribution in [3.8, 4) is 0 Å². The summed E-state index contributed by atoms with van der Waals surface area (Å²) >= 11 is 2.12. The van der Waals surface area contributed by atoms with Crippen molar-refractivity contribution in [3.63, 3.8) is 0 Å². The number of carbonyl (C=O) groups is 2. The van der Waals surface area contributed by atoms with Crippen LogP contribution in [0.25, 0.3) is 0 Å². The minimum absolute atomic E-state index is 0.125. The Hall–Kier alpha value is -0.290. The van der Waals surface area contributed by atoms with E-state index < -0.39 is 41.2 Å². The first-order valence-electron chi connectivity index (χ1n) is 11.6. The highest BCUT2D eigenvalue weighted by Crippen LogP contribution is 2.35. The van der Waals surface area contributed by atoms with Crippen LogP contribution in [0.3, 0.4) is 0 Å². The molecule has 0 unspecified atom stereocenters. The van der Waals surface area contributed by atoms with Crippen molar-refractivity contribution in [1.82, 2.24) is 3.53 Å². The minimum Gasteiger partial charge on any atom is -0.459 e. The molecule has 190 valence electrons. The molecule has 0 spiro atoms. The molecule has 0 fully saturated rings. The summed E-state index contributed by atoms with van der Waals surface area (Å²) in [4.78, 5) is 26.0. The molecule has 0 aliphatic heterocycles. The summed E-state index contributed by atoms with van der Waals surface area (Å²) in [6.45, 7) is 17.1. The number of halogens is 1. The van der Waals surface area contributed by atoms with Gasteiger partial charge in [-0.15, -0.1) is 0 Å². The third-order valence-electron chi connectivity index (χ3n) is 7.10. The number of aliphatic hydroxyl groups excluding tert-OH is 1. The van der Waals surface area contributed by atoms with Crippen LogP contribution < -0.4 is 3.53 Å². The van der Waals surface area contributed by atoms with E-state index in [0.717, 1.165) is 13.0 Å². The third kappa shape index (κ3) is 8.18. The second-order valence-electron chi connectivity index (χ2n) is 10.1. The maximum Gasteiger partial charge on any atom is 0.316 e. The molecular weight excluding hydrogens is 525 g/mol. The second-order valence-corrected chi connectivity index (χ2v) is 10.9. The molecule has 0 aromatic heterocycles. The smallest absolute Gasteiger partial charge is 0.316 e. The van der Waals surface area contributed by atoms with Gasteiger partial charge in [0, 0.05) is 42.4 Å². The molecule has 8 heteroatoms. The molecular formula is C24H46INO6. The van der Waals surface area contributed by atoms with E-state index in [0.29, 0.717) is 12.3 Å². The van der Waals surface area contributed by atoms with Crippen LogP contribution in [0, 0.1) is 29.6 Å². The molecule has 0 amide bonds. The van der Waals surface area contributed by atoms with Crippen LogP contribution in [0.5, 0.6) is 0 Å². The lowest BCUT2D eigenvalue weighted by Crippen LogP contribution is -2.54. The maximum absolute atomic E-state index is 13.2. The fraction of sp³-hybridized carbons (Fsp3) is 0.917. The standard InChI is InChI=1S/C24H46INO6/c1-11-19(24(9,30)21(28)14(2)3)32-22(29)17(6)20(27)16(5)18(7)23(8,31-10)12-15(4)13-26-25/h14-19,21,26,28,30H,11-13H2,1-10H3/t15-,16-,17-,18-,19-,21-,23-,24-/m1/s1. The Bertz CT molecular complexity index is 599. The molecule has 0 radical (unpaired) electrons. The van der Waals surface area contributed by atoms with Gasteiger partial charge in [-0.25, -0.2) is 0 Å². The molecule has 0 bridgehead atoms. The van der Waals surface area contributed by atoms with E-state index >= 15 is 0 Å². The Balaban J connectivity index is 5.40. The van der Waals surface area contributed by atoms with E-state index in [1.807, 2.05) is 20.8 Å². The van der Waals surface area contributed by atoms with E-state index in [9.17, 15) is 19.8 Å². The van der Waals surface area contributed by atoms with Crippen LogP contribution in [0.4, 0.5) is 0 Å². The first kappa shape index (κ1) is 31.7. The summed E-state index contributed by atoms with van der Waals surface area (Å²) in [5.74, 6) is -2.30. The fourth-order valence-corrected chi connectivity index (χ4v) is 5.11. The van der Waals surface area contributed by atoms with E-state index in [1.165, 1.54) is 6.92 Å². The third-order valence-corrected chi connectivity index (χ3v) is 7.54. The molecule has 8 atom stereocenters. The van der Waals surface area contributed by atoms with Gasteiger partial charge < -0.3 is 19.7 Å². The van der Waals surface area contributed by atoms with Gasteiger partial charge >= 0.3 is 5.97 Å². The monoisotopic (exact) mass is 571 g/mol. The zero-order chi connectivity index (χ0) is 25.4. The van der Waals surface area contributed by atoms with Crippen molar-refractivity contribution >= 4 is 34.6 Å². The quantitative estimate of drug-likeness (QED) is 0.118. The number of ether oxygens (including phenoxy) is 2. The lowest BCUT2D eigenvalue weighted by Gasteiger charge is -2.40. The SMILES string of the molecule is CC[C@@H](OC(=O)[C@H](C)C(=O)[C@H](C)[C@@H](C)[C@@](C)(C[C@@H](C)CNI)OC)[C@@](C)(O)[C@H](O)C(C)C. The van der Waals surface area contributed by atoms with E-state index in [-0.39, 0.29) is 17.6 Å². The number of methoxy groups -OCH3 is 1. The molecule has 0 heterocycles. The summed E-state index contributed by atoms with van der Waals surface area (Å²) in [6.07, 6.45) is -0.891. The average Bonchev–Trinajstić information content (AvgIpc) is 2.73. The van der Waals surface area contributed by atoms with Gasteiger partial charge in [0.05, 0.1) is 11.7 Å². The van der Waals surface area contributed by atoms with Crippen LogP contribution in [-0.2, 0) is 19.1 Å². The van der Waals surface area contributed by atoms with Gasteiger partial charge in [0.15, 0.2) is 0 Å². The predicted octanol–water partition coefficient (Wildman–Crippen LogP) is 3.92. The number of rotatable bonds is 15. The Morgan fingerprint density at radius 3 is 2.03 bits per heavy atom. The Morgan fingerprint density at radius 2 is 1.62 bits per heavy atom. The summed E-state index contributed by atoms with van der Waals surface area (Å²) in [6, 6.07) is 0. The molecule has 7 nitrogen and oxygen atoms in total. The summed E-state index contributed by atoms with van der Waals surface area (Å²) in [5, 5.41) is 21.2. The van der Waals surface area contributed by atoms with Crippen molar-refractivity contribution in [2.75, 3.05) is 13.7 Å².